The third-order valence-corrected chi connectivity index (χ3v) is 9.80. The number of carbonyl (C=O) groups is 2. The quantitative estimate of drug-likeness (QED) is 0.0576. The minimum absolute atomic E-state index is 0.00471. The number of hydrogen-bond acceptors (Lipinski definition) is 7. The Morgan fingerprint density at radius 2 is 1.63 bits per heavy atom. The smallest absolute Gasteiger partial charge is 0.251 e. The summed E-state index contributed by atoms with van der Waals surface area (Å²) in [4.78, 5) is 23.3. The zero-order chi connectivity index (χ0) is 34.6. The van der Waals surface area contributed by atoms with E-state index in [1.54, 1.807) is 6.07 Å². The molecule has 0 radical (unpaired) electrons. The summed E-state index contributed by atoms with van der Waals surface area (Å²) in [7, 11) is 0. The molecule has 1 aliphatic heterocycles. The van der Waals surface area contributed by atoms with Gasteiger partial charge in [0.15, 0.2) is 12.5 Å². The first-order valence-electron chi connectivity index (χ1n) is 16.8. The Bertz CT molecular complexity index is 1670. The van der Waals surface area contributed by atoms with Crippen LogP contribution < -0.4 is 15.4 Å². The standard InChI is InChI=1S/C39H45N3O6S/c1-27-35(26-49-37-12-5-7-22-42(37)46)47-39(48-38(27)32-15-13-29(25-43)14-16-32)33-19-17-31(18-20-33)34-10-8-9-30(23-34)24-41-36(45)11-4-3-6-21-40-28(2)44/h5,7-10,12-20,22-23,27,35,38-39,43H,3-4,6,11,21,24-26H2,1-2H3,(H,40,44)(H,41,45). The van der Waals surface area contributed by atoms with E-state index in [0.717, 1.165) is 57.4 Å². The number of nitrogens with zero attached hydrogens (tertiary/aromatic N) is 1. The van der Waals surface area contributed by atoms with Gasteiger partial charge in [-0.15, -0.1) is 0 Å². The predicted octanol–water partition coefficient (Wildman–Crippen LogP) is 6.38. The van der Waals surface area contributed by atoms with Gasteiger partial charge in [-0.25, -0.2) is 0 Å². The first-order chi connectivity index (χ1) is 23.8. The van der Waals surface area contributed by atoms with Gasteiger partial charge in [-0.2, -0.15) is 4.73 Å². The van der Waals surface area contributed by atoms with E-state index in [2.05, 4.69) is 41.8 Å². The molecular formula is C39H45N3O6S. The average Bonchev–Trinajstić information content (AvgIpc) is 3.12. The van der Waals surface area contributed by atoms with E-state index >= 15 is 0 Å². The van der Waals surface area contributed by atoms with Crippen molar-refractivity contribution in [2.24, 2.45) is 5.92 Å². The van der Waals surface area contributed by atoms with Crippen molar-refractivity contribution in [3.05, 3.63) is 125 Å². The van der Waals surface area contributed by atoms with E-state index < -0.39 is 6.29 Å². The second-order valence-corrected chi connectivity index (χ2v) is 13.4. The topological polar surface area (TPSA) is 124 Å². The Morgan fingerprint density at radius 3 is 2.37 bits per heavy atom. The predicted molar refractivity (Wildman–Crippen MR) is 190 cm³/mol. The first kappa shape index (κ1) is 36.1. The van der Waals surface area contributed by atoms with Gasteiger partial charge in [0.1, 0.15) is 0 Å². The van der Waals surface area contributed by atoms with Crippen molar-refractivity contribution < 1.29 is 28.9 Å². The molecule has 10 heteroatoms. The maximum absolute atomic E-state index is 12.4. The third-order valence-electron chi connectivity index (χ3n) is 8.69. The fraction of sp³-hybridized carbons (Fsp3) is 0.359. The van der Waals surface area contributed by atoms with Crippen molar-refractivity contribution in [3.63, 3.8) is 0 Å². The van der Waals surface area contributed by atoms with Gasteiger partial charge in [0.2, 0.25) is 11.8 Å². The number of pyridine rings is 1. The van der Waals surface area contributed by atoms with Crippen LogP contribution in [0.2, 0.25) is 0 Å². The van der Waals surface area contributed by atoms with Gasteiger partial charge < -0.3 is 30.4 Å². The second-order valence-electron chi connectivity index (χ2n) is 12.4. The minimum atomic E-state index is -0.611. The summed E-state index contributed by atoms with van der Waals surface area (Å²) < 4.78 is 14.0. The first-order valence-corrected chi connectivity index (χ1v) is 17.8. The molecule has 3 aromatic carbocycles. The molecule has 0 aliphatic carbocycles. The van der Waals surface area contributed by atoms with Crippen molar-refractivity contribution in [1.82, 2.24) is 10.6 Å². The number of aliphatic hydroxyl groups excluding tert-OH is 1. The summed E-state index contributed by atoms with van der Waals surface area (Å²) in [6, 6.07) is 29.5. The van der Waals surface area contributed by atoms with Crippen LogP contribution in [0.3, 0.4) is 0 Å². The molecule has 3 N–H and O–H groups in total. The molecule has 1 saturated heterocycles. The molecule has 1 aromatic heterocycles. The van der Waals surface area contributed by atoms with E-state index in [-0.39, 0.29) is 36.5 Å². The lowest BCUT2D eigenvalue weighted by atomic mass is 9.91. The summed E-state index contributed by atoms with van der Waals surface area (Å²) in [5.74, 6) is 0.576. The van der Waals surface area contributed by atoms with Crippen molar-refractivity contribution in [2.45, 2.75) is 76.2 Å². The van der Waals surface area contributed by atoms with Crippen LogP contribution in [0, 0.1) is 11.1 Å². The number of aromatic nitrogens is 1. The molecule has 4 atom stereocenters. The van der Waals surface area contributed by atoms with Crippen LogP contribution in [-0.4, -0.2) is 35.3 Å². The lowest BCUT2D eigenvalue weighted by molar-refractivity contribution is -0.645. The fourth-order valence-electron chi connectivity index (χ4n) is 5.84. The average molecular weight is 684 g/mol. The van der Waals surface area contributed by atoms with Gasteiger partial charge in [0.05, 0.1) is 18.8 Å². The number of unbranched alkanes of at least 4 members (excludes halogenated alkanes) is 2. The highest BCUT2D eigenvalue weighted by Gasteiger charge is 2.38. The molecule has 0 spiro atoms. The molecular weight excluding hydrogens is 639 g/mol. The molecule has 4 aromatic rings. The Labute approximate surface area is 292 Å². The lowest BCUT2D eigenvalue weighted by Crippen LogP contribution is -2.39. The summed E-state index contributed by atoms with van der Waals surface area (Å²) in [6.45, 7) is 4.69. The van der Waals surface area contributed by atoms with Gasteiger partial charge in [-0.3, -0.25) is 9.59 Å². The molecule has 1 aliphatic rings. The molecule has 1 fully saturated rings. The van der Waals surface area contributed by atoms with E-state index in [0.29, 0.717) is 30.3 Å². The molecule has 2 heterocycles. The zero-order valence-corrected chi connectivity index (χ0v) is 28.9. The number of ether oxygens (including phenoxy) is 2. The maximum atomic E-state index is 12.4. The zero-order valence-electron chi connectivity index (χ0n) is 28.0. The number of nitrogens with one attached hydrogen (secondary N) is 2. The highest BCUT2D eigenvalue weighted by atomic mass is 32.2. The molecule has 9 nitrogen and oxygen atoms in total. The van der Waals surface area contributed by atoms with Crippen LogP contribution in [-0.2, 0) is 32.2 Å². The van der Waals surface area contributed by atoms with Crippen LogP contribution in [0.4, 0.5) is 0 Å². The van der Waals surface area contributed by atoms with Crippen molar-refractivity contribution in [3.8, 4) is 11.1 Å². The lowest BCUT2D eigenvalue weighted by Gasteiger charge is -2.41. The van der Waals surface area contributed by atoms with Crippen LogP contribution >= 0.6 is 11.8 Å². The largest absolute Gasteiger partial charge is 0.618 e. The van der Waals surface area contributed by atoms with Crippen LogP contribution in [0.5, 0.6) is 0 Å². The Kier molecular flexibility index (Phi) is 13.2. The van der Waals surface area contributed by atoms with Gasteiger partial charge in [-0.05, 0) is 52.8 Å². The summed E-state index contributed by atoms with van der Waals surface area (Å²) in [6.07, 6.45) is 3.45. The monoisotopic (exact) mass is 683 g/mol. The van der Waals surface area contributed by atoms with Crippen molar-refractivity contribution >= 4 is 23.6 Å². The molecule has 0 bridgehead atoms. The molecule has 5 rings (SSSR count). The second kappa shape index (κ2) is 18.0. The third kappa shape index (κ3) is 10.4. The Hall–Kier alpha value is -4.22. The van der Waals surface area contributed by atoms with E-state index in [1.165, 1.54) is 24.9 Å². The number of benzene rings is 3. The van der Waals surface area contributed by atoms with Crippen LogP contribution in [0.25, 0.3) is 11.1 Å². The van der Waals surface area contributed by atoms with Gasteiger partial charge in [0.25, 0.3) is 5.03 Å². The Balaban J connectivity index is 1.23. The minimum Gasteiger partial charge on any atom is -0.618 e. The molecule has 0 saturated carbocycles. The van der Waals surface area contributed by atoms with E-state index in [1.807, 2.05) is 60.7 Å². The highest BCUT2D eigenvalue weighted by Crippen LogP contribution is 2.43. The summed E-state index contributed by atoms with van der Waals surface area (Å²) >= 11 is 1.47. The molecule has 49 heavy (non-hydrogen) atoms. The molecule has 4 unspecified atom stereocenters. The van der Waals surface area contributed by atoms with Crippen LogP contribution in [0.1, 0.15) is 74.2 Å². The van der Waals surface area contributed by atoms with Crippen LogP contribution in [0.15, 0.2) is 102 Å². The summed E-state index contributed by atoms with van der Waals surface area (Å²) in [5, 5.41) is 28.3. The highest BCUT2D eigenvalue weighted by molar-refractivity contribution is 7.99. The van der Waals surface area contributed by atoms with Gasteiger partial charge in [0, 0.05) is 55.8 Å². The molecule has 2 amide bonds. The maximum Gasteiger partial charge on any atom is 0.251 e. The normalized spacial score (nSPS) is 18.9. The van der Waals surface area contributed by atoms with Gasteiger partial charge >= 0.3 is 0 Å². The number of thioether (sulfide) groups is 1. The Morgan fingerprint density at radius 1 is 0.857 bits per heavy atom. The number of amides is 2. The number of carbonyl (C=O) groups excluding carboxylic acids is 2. The van der Waals surface area contributed by atoms with Crippen molar-refractivity contribution in [2.75, 3.05) is 12.3 Å². The van der Waals surface area contributed by atoms with Crippen molar-refractivity contribution in [1.29, 1.82) is 0 Å². The molecule has 258 valence electrons. The summed E-state index contributed by atoms with van der Waals surface area (Å²) in [5.41, 5.74) is 5.83. The fourth-order valence-corrected chi connectivity index (χ4v) is 6.92. The van der Waals surface area contributed by atoms with E-state index in [4.69, 9.17) is 9.47 Å². The number of aliphatic hydroxyl groups is 1. The number of hydrogen-bond donors (Lipinski definition) is 3. The SMILES string of the molecule is CC(=O)NCCCCCC(=O)NCc1cccc(-c2ccc(C3OC(CSc4cccc[n+]4[O-])C(C)C(c4ccc(CO)cc4)O3)cc2)c1. The van der Waals surface area contributed by atoms with E-state index in [9.17, 15) is 19.9 Å². The number of rotatable bonds is 15. The van der Waals surface area contributed by atoms with Gasteiger partial charge in [-0.1, -0.05) is 91.8 Å².